The summed E-state index contributed by atoms with van der Waals surface area (Å²) in [6, 6.07) is 5.89. The highest BCUT2D eigenvalue weighted by atomic mass is 16.6. The Morgan fingerprint density at radius 2 is 1.70 bits per heavy atom. The molecule has 1 heterocycles. The molecule has 12 nitrogen and oxygen atoms in total. The maximum atomic E-state index is 13.4. The number of benzene rings is 1. The molecule has 0 aromatic heterocycles. The SMILES string of the molecule is CCC[C@H](NC(=O)[C@H](CC(=O)OC(C)(C)C)NC(=O)OCc1ccccc1)C(=O)N[C@H](/C=C/C(C)=O)C[C@@H]1CCNC1=O. The smallest absolute Gasteiger partial charge is 0.408 e. The summed E-state index contributed by atoms with van der Waals surface area (Å²) in [5, 5.41) is 10.6. The van der Waals surface area contributed by atoms with Crippen molar-refractivity contribution in [3.63, 3.8) is 0 Å². The number of allylic oxidation sites excluding steroid dienone is 1. The lowest BCUT2D eigenvalue weighted by Crippen LogP contribution is -2.55. The Balaban J connectivity index is 2.15. The van der Waals surface area contributed by atoms with E-state index in [-0.39, 0.29) is 37.1 Å². The molecule has 236 valence electrons. The molecule has 0 saturated carbocycles. The summed E-state index contributed by atoms with van der Waals surface area (Å²) >= 11 is 0. The van der Waals surface area contributed by atoms with Crippen molar-refractivity contribution < 1.29 is 38.2 Å². The summed E-state index contributed by atoms with van der Waals surface area (Å²) in [6.45, 7) is 8.72. The van der Waals surface area contributed by atoms with Gasteiger partial charge in [-0.05, 0) is 58.6 Å². The molecule has 1 saturated heterocycles. The molecule has 43 heavy (non-hydrogen) atoms. The zero-order chi connectivity index (χ0) is 32.0. The molecule has 0 spiro atoms. The molecule has 0 bridgehead atoms. The Hall–Kier alpha value is -4.22. The third-order valence-corrected chi connectivity index (χ3v) is 6.41. The van der Waals surface area contributed by atoms with Crippen LogP contribution in [0.4, 0.5) is 4.79 Å². The Morgan fingerprint density at radius 3 is 2.28 bits per heavy atom. The zero-order valence-corrected chi connectivity index (χ0v) is 25.6. The quantitative estimate of drug-likeness (QED) is 0.176. The van der Waals surface area contributed by atoms with Crippen LogP contribution in [0.3, 0.4) is 0 Å². The average molecular weight is 601 g/mol. The molecule has 0 unspecified atom stereocenters. The second kappa shape index (κ2) is 17.0. The highest BCUT2D eigenvalue weighted by molar-refractivity contribution is 5.94. The van der Waals surface area contributed by atoms with Crippen molar-refractivity contribution in [1.82, 2.24) is 21.3 Å². The van der Waals surface area contributed by atoms with Gasteiger partial charge in [0, 0.05) is 18.5 Å². The van der Waals surface area contributed by atoms with Crippen LogP contribution < -0.4 is 21.3 Å². The fraction of sp³-hybridized carbons (Fsp3) is 0.548. The van der Waals surface area contributed by atoms with Crippen molar-refractivity contribution in [3.05, 3.63) is 48.0 Å². The molecule has 4 amide bonds. The van der Waals surface area contributed by atoms with Gasteiger partial charge in [-0.2, -0.15) is 0 Å². The number of carbonyl (C=O) groups is 6. The van der Waals surface area contributed by atoms with E-state index in [1.807, 2.05) is 13.0 Å². The summed E-state index contributed by atoms with van der Waals surface area (Å²) in [5.41, 5.74) is -0.0937. The predicted molar refractivity (Wildman–Crippen MR) is 158 cm³/mol. The van der Waals surface area contributed by atoms with Gasteiger partial charge < -0.3 is 30.7 Å². The van der Waals surface area contributed by atoms with Crippen LogP contribution in [-0.2, 0) is 40.1 Å². The number of ketones is 1. The number of nitrogens with one attached hydrogen (secondary N) is 4. The zero-order valence-electron chi connectivity index (χ0n) is 25.6. The molecular formula is C31H44N4O8. The molecule has 2 rings (SSSR count). The van der Waals surface area contributed by atoms with E-state index in [2.05, 4.69) is 21.3 Å². The lowest BCUT2D eigenvalue weighted by molar-refractivity contribution is -0.156. The van der Waals surface area contributed by atoms with Crippen molar-refractivity contribution in [2.75, 3.05) is 6.54 Å². The van der Waals surface area contributed by atoms with E-state index >= 15 is 0 Å². The number of esters is 1. The standard InChI is InChI=1S/C31H44N4O8/c1-6-10-24(28(39)33-23(14-13-20(2)36)17-22-15-16-32-27(22)38)34-29(40)25(18-26(37)43-31(3,4)5)35-30(41)42-19-21-11-8-7-9-12-21/h7-9,11-14,22-25H,6,10,15-19H2,1-5H3,(H,32,38)(H,33,39)(H,34,40)(H,35,41)/b14-13+/t22-,23+,24-,25-/m0/s1. The van der Waals surface area contributed by atoms with E-state index < -0.39 is 54.0 Å². The first-order valence-corrected chi connectivity index (χ1v) is 14.5. The van der Waals surface area contributed by atoms with Crippen LogP contribution in [0.25, 0.3) is 0 Å². The van der Waals surface area contributed by atoms with Crippen LogP contribution in [0.1, 0.15) is 72.3 Å². The first kappa shape index (κ1) is 35.0. The van der Waals surface area contributed by atoms with Crippen molar-refractivity contribution in [2.45, 2.75) is 97.1 Å². The Morgan fingerprint density at radius 1 is 1.02 bits per heavy atom. The van der Waals surface area contributed by atoms with Gasteiger partial charge in [0.05, 0.1) is 6.42 Å². The molecule has 0 aliphatic carbocycles. The van der Waals surface area contributed by atoms with Crippen LogP contribution in [0, 0.1) is 5.92 Å². The van der Waals surface area contributed by atoms with Gasteiger partial charge >= 0.3 is 12.1 Å². The maximum absolute atomic E-state index is 13.4. The molecule has 1 aliphatic rings. The topological polar surface area (TPSA) is 169 Å². The minimum Gasteiger partial charge on any atom is -0.460 e. The number of carbonyl (C=O) groups excluding carboxylic acids is 6. The van der Waals surface area contributed by atoms with Gasteiger partial charge in [-0.1, -0.05) is 49.8 Å². The van der Waals surface area contributed by atoms with E-state index in [1.165, 1.54) is 19.1 Å². The highest BCUT2D eigenvalue weighted by Gasteiger charge is 2.32. The lowest BCUT2D eigenvalue weighted by Gasteiger charge is -2.26. The van der Waals surface area contributed by atoms with Crippen molar-refractivity contribution in [2.24, 2.45) is 5.92 Å². The number of hydrogen-bond donors (Lipinski definition) is 4. The first-order chi connectivity index (χ1) is 20.3. The van der Waals surface area contributed by atoms with Gasteiger partial charge in [-0.15, -0.1) is 0 Å². The van der Waals surface area contributed by atoms with E-state index in [9.17, 15) is 28.8 Å². The highest BCUT2D eigenvalue weighted by Crippen LogP contribution is 2.17. The molecule has 4 N–H and O–H groups in total. The van der Waals surface area contributed by atoms with E-state index in [1.54, 1.807) is 45.0 Å². The summed E-state index contributed by atoms with van der Waals surface area (Å²) in [4.78, 5) is 75.6. The van der Waals surface area contributed by atoms with E-state index in [0.717, 1.165) is 5.56 Å². The minimum atomic E-state index is -1.39. The van der Waals surface area contributed by atoms with Gasteiger partial charge in [0.25, 0.3) is 0 Å². The number of ether oxygens (including phenoxy) is 2. The number of alkyl carbamates (subject to hydrolysis) is 1. The second-order valence-electron chi connectivity index (χ2n) is 11.5. The molecule has 1 fully saturated rings. The fourth-order valence-corrected chi connectivity index (χ4v) is 4.39. The Labute approximate surface area is 252 Å². The van der Waals surface area contributed by atoms with Crippen molar-refractivity contribution in [1.29, 1.82) is 0 Å². The van der Waals surface area contributed by atoms with Crippen LogP contribution in [0.15, 0.2) is 42.5 Å². The first-order valence-electron chi connectivity index (χ1n) is 14.5. The summed E-state index contributed by atoms with van der Waals surface area (Å²) in [6.07, 6.45) is 3.11. The molecule has 1 aromatic rings. The van der Waals surface area contributed by atoms with Crippen molar-refractivity contribution >= 4 is 35.6 Å². The van der Waals surface area contributed by atoms with Gasteiger partial charge in [0.1, 0.15) is 24.3 Å². The fourth-order valence-electron chi connectivity index (χ4n) is 4.39. The van der Waals surface area contributed by atoms with Crippen molar-refractivity contribution in [3.8, 4) is 0 Å². The second-order valence-corrected chi connectivity index (χ2v) is 11.5. The Bertz CT molecular complexity index is 1160. The lowest BCUT2D eigenvalue weighted by atomic mass is 9.97. The van der Waals surface area contributed by atoms with Crippen LogP contribution in [-0.4, -0.2) is 65.8 Å². The third-order valence-electron chi connectivity index (χ3n) is 6.41. The normalized spacial score (nSPS) is 16.9. The van der Waals surface area contributed by atoms with Gasteiger partial charge in [0.2, 0.25) is 17.7 Å². The van der Waals surface area contributed by atoms with Gasteiger partial charge in [-0.3, -0.25) is 24.0 Å². The number of rotatable bonds is 15. The summed E-state index contributed by atoms with van der Waals surface area (Å²) in [5.74, 6) is -2.70. The molecular weight excluding hydrogens is 556 g/mol. The third kappa shape index (κ3) is 13.5. The number of hydrogen-bond acceptors (Lipinski definition) is 8. The average Bonchev–Trinajstić information content (AvgIpc) is 3.33. The monoisotopic (exact) mass is 600 g/mol. The Kier molecular flexibility index (Phi) is 13.9. The van der Waals surface area contributed by atoms with Crippen LogP contribution in [0.2, 0.25) is 0 Å². The van der Waals surface area contributed by atoms with E-state index in [4.69, 9.17) is 9.47 Å². The molecule has 12 heteroatoms. The van der Waals surface area contributed by atoms with Gasteiger partial charge in [-0.25, -0.2) is 4.79 Å². The summed E-state index contributed by atoms with van der Waals surface area (Å²) < 4.78 is 10.6. The maximum Gasteiger partial charge on any atom is 0.408 e. The molecule has 0 radical (unpaired) electrons. The summed E-state index contributed by atoms with van der Waals surface area (Å²) in [7, 11) is 0. The molecule has 1 aliphatic heterocycles. The van der Waals surface area contributed by atoms with E-state index in [0.29, 0.717) is 19.4 Å². The minimum absolute atomic E-state index is 0.0531. The predicted octanol–water partition coefficient (Wildman–Crippen LogP) is 2.45. The van der Waals surface area contributed by atoms with Gasteiger partial charge in [0.15, 0.2) is 5.78 Å². The largest absolute Gasteiger partial charge is 0.460 e. The molecule has 1 aromatic carbocycles. The van der Waals surface area contributed by atoms with Crippen LogP contribution in [0.5, 0.6) is 0 Å². The van der Waals surface area contributed by atoms with Crippen LogP contribution >= 0.6 is 0 Å². The number of amides is 4. The molecule has 4 atom stereocenters.